The summed E-state index contributed by atoms with van der Waals surface area (Å²) in [6.45, 7) is 6.21. The molecule has 84 valence electrons. The van der Waals surface area contributed by atoms with Gasteiger partial charge >= 0.3 is 0 Å². The van der Waals surface area contributed by atoms with Crippen LogP contribution in [-0.4, -0.2) is 19.1 Å². The summed E-state index contributed by atoms with van der Waals surface area (Å²) in [7, 11) is 0. The highest BCUT2D eigenvalue weighted by atomic mass is 14.9. The topological polar surface area (TPSA) is 38.0 Å². The zero-order valence-electron chi connectivity index (χ0n) is 9.74. The molecule has 0 bridgehead atoms. The van der Waals surface area contributed by atoms with E-state index in [9.17, 15) is 0 Å². The zero-order valence-corrected chi connectivity index (χ0v) is 9.74. The van der Waals surface area contributed by atoms with Crippen LogP contribution in [0.25, 0.3) is 0 Å². The molecule has 0 fully saturated rings. The molecule has 3 N–H and O–H groups in total. The van der Waals surface area contributed by atoms with Crippen molar-refractivity contribution in [1.82, 2.24) is 5.32 Å². The minimum atomic E-state index is 0.515. The fraction of sp³-hybridized carbons (Fsp3) is 0.538. The summed E-state index contributed by atoms with van der Waals surface area (Å²) in [6, 6.07) is 11.1. The van der Waals surface area contributed by atoms with Gasteiger partial charge in [0.2, 0.25) is 0 Å². The first kappa shape index (κ1) is 12.2. The van der Waals surface area contributed by atoms with Crippen molar-refractivity contribution in [1.29, 1.82) is 0 Å². The molecule has 0 saturated carbocycles. The van der Waals surface area contributed by atoms with Crippen molar-refractivity contribution >= 4 is 0 Å². The minimum absolute atomic E-state index is 0.515. The highest BCUT2D eigenvalue weighted by Crippen LogP contribution is 2.13. The molecular formula is C13H22N2. The average Bonchev–Trinajstić information content (AvgIpc) is 2.27. The van der Waals surface area contributed by atoms with Crippen LogP contribution in [0.3, 0.4) is 0 Å². The Bertz CT molecular complexity index is 258. The molecule has 1 aromatic rings. The predicted octanol–water partition coefficient (Wildman–Crippen LogP) is 2.12. The van der Waals surface area contributed by atoms with Crippen LogP contribution in [0.5, 0.6) is 0 Å². The predicted molar refractivity (Wildman–Crippen MR) is 66.0 cm³/mol. The van der Waals surface area contributed by atoms with Gasteiger partial charge in [-0.1, -0.05) is 37.3 Å². The molecule has 0 aromatic heterocycles. The van der Waals surface area contributed by atoms with Crippen LogP contribution in [0.15, 0.2) is 30.3 Å². The second-order valence-electron chi connectivity index (χ2n) is 4.20. The summed E-state index contributed by atoms with van der Waals surface area (Å²) in [4.78, 5) is 0. The lowest BCUT2D eigenvalue weighted by Gasteiger charge is -2.17. The van der Waals surface area contributed by atoms with Gasteiger partial charge in [-0.3, -0.25) is 0 Å². The lowest BCUT2D eigenvalue weighted by atomic mass is 10.0. The van der Waals surface area contributed by atoms with Crippen molar-refractivity contribution in [2.75, 3.05) is 13.1 Å². The molecule has 0 radical (unpaired) electrons. The van der Waals surface area contributed by atoms with Crippen molar-refractivity contribution in [3.05, 3.63) is 35.9 Å². The molecular weight excluding hydrogens is 184 g/mol. The van der Waals surface area contributed by atoms with Crippen LogP contribution < -0.4 is 11.1 Å². The first-order valence-electron chi connectivity index (χ1n) is 5.72. The van der Waals surface area contributed by atoms with Crippen molar-refractivity contribution < 1.29 is 0 Å². The van der Waals surface area contributed by atoms with Crippen molar-refractivity contribution in [2.24, 2.45) is 5.73 Å². The first-order valence-corrected chi connectivity index (χ1v) is 5.72. The van der Waals surface area contributed by atoms with E-state index in [0.717, 1.165) is 19.5 Å². The fourth-order valence-corrected chi connectivity index (χ4v) is 1.63. The van der Waals surface area contributed by atoms with Crippen molar-refractivity contribution in [3.63, 3.8) is 0 Å². The van der Waals surface area contributed by atoms with Gasteiger partial charge in [0.05, 0.1) is 0 Å². The molecule has 0 aliphatic carbocycles. The summed E-state index contributed by atoms with van der Waals surface area (Å²) < 4.78 is 0. The van der Waals surface area contributed by atoms with E-state index in [2.05, 4.69) is 49.5 Å². The molecule has 0 spiro atoms. The van der Waals surface area contributed by atoms with E-state index < -0.39 is 0 Å². The second-order valence-corrected chi connectivity index (χ2v) is 4.20. The molecule has 2 heteroatoms. The van der Waals surface area contributed by atoms with E-state index in [1.54, 1.807) is 0 Å². The van der Waals surface area contributed by atoms with Crippen LogP contribution in [0.2, 0.25) is 0 Å². The number of rotatable bonds is 6. The third-order valence-corrected chi connectivity index (χ3v) is 2.74. The minimum Gasteiger partial charge on any atom is -0.330 e. The number of hydrogen-bond donors (Lipinski definition) is 2. The van der Waals surface area contributed by atoms with E-state index in [1.807, 2.05) is 0 Å². The number of benzene rings is 1. The SMILES string of the molecule is CC(CCN)NCC(C)c1ccccc1. The van der Waals surface area contributed by atoms with Gasteiger partial charge in [0.1, 0.15) is 0 Å². The van der Waals surface area contributed by atoms with Gasteiger partial charge in [0, 0.05) is 12.6 Å². The van der Waals surface area contributed by atoms with Crippen LogP contribution in [-0.2, 0) is 0 Å². The maximum Gasteiger partial charge on any atom is 0.00509 e. The molecule has 0 saturated heterocycles. The van der Waals surface area contributed by atoms with Crippen LogP contribution >= 0.6 is 0 Å². The Hall–Kier alpha value is -0.860. The summed E-state index contributed by atoms with van der Waals surface area (Å²) in [6.07, 6.45) is 1.04. The molecule has 2 unspecified atom stereocenters. The quantitative estimate of drug-likeness (QED) is 0.748. The molecule has 1 aromatic carbocycles. The molecule has 2 atom stereocenters. The van der Waals surface area contributed by atoms with Gasteiger partial charge < -0.3 is 11.1 Å². The summed E-state index contributed by atoms with van der Waals surface area (Å²) >= 11 is 0. The highest BCUT2D eigenvalue weighted by molar-refractivity contribution is 5.18. The Morgan fingerprint density at radius 2 is 1.87 bits per heavy atom. The molecule has 0 amide bonds. The van der Waals surface area contributed by atoms with Gasteiger partial charge in [-0.05, 0) is 31.4 Å². The molecule has 1 rings (SSSR count). The molecule has 0 heterocycles. The molecule has 0 aliphatic heterocycles. The molecule has 2 nitrogen and oxygen atoms in total. The molecule has 15 heavy (non-hydrogen) atoms. The van der Waals surface area contributed by atoms with E-state index in [1.165, 1.54) is 5.56 Å². The smallest absolute Gasteiger partial charge is 0.00509 e. The van der Waals surface area contributed by atoms with E-state index >= 15 is 0 Å². The van der Waals surface area contributed by atoms with E-state index in [-0.39, 0.29) is 0 Å². The summed E-state index contributed by atoms with van der Waals surface area (Å²) in [5.74, 6) is 0.562. The van der Waals surface area contributed by atoms with Gasteiger partial charge in [-0.25, -0.2) is 0 Å². The van der Waals surface area contributed by atoms with E-state index in [0.29, 0.717) is 12.0 Å². The Morgan fingerprint density at radius 1 is 1.20 bits per heavy atom. The Balaban J connectivity index is 2.33. The van der Waals surface area contributed by atoms with Crippen LogP contribution in [0.1, 0.15) is 31.7 Å². The first-order chi connectivity index (χ1) is 7.24. The maximum absolute atomic E-state index is 5.51. The lowest BCUT2D eigenvalue weighted by Crippen LogP contribution is -2.31. The number of nitrogens with two attached hydrogens (primary N) is 1. The van der Waals surface area contributed by atoms with Gasteiger partial charge in [-0.15, -0.1) is 0 Å². The monoisotopic (exact) mass is 206 g/mol. The normalized spacial score (nSPS) is 14.9. The summed E-state index contributed by atoms with van der Waals surface area (Å²) in [5.41, 5.74) is 6.90. The van der Waals surface area contributed by atoms with Crippen LogP contribution in [0.4, 0.5) is 0 Å². The Kier molecular flexibility index (Phi) is 5.37. The highest BCUT2D eigenvalue weighted by Gasteiger charge is 2.06. The van der Waals surface area contributed by atoms with Gasteiger partial charge in [-0.2, -0.15) is 0 Å². The lowest BCUT2D eigenvalue weighted by molar-refractivity contribution is 0.497. The maximum atomic E-state index is 5.51. The average molecular weight is 206 g/mol. The second kappa shape index (κ2) is 6.59. The Labute approximate surface area is 92.9 Å². The fourth-order valence-electron chi connectivity index (χ4n) is 1.63. The number of nitrogens with one attached hydrogen (secondary N) is 1. The molecule has 0 aliphatic rings. The third kappa shape index (κ3) is 4.45. The van der Waals surface area contributed by atoms with Gasteiger partial charge in [0.25, 0.3) is 0 Å². The summed E-state index contributed by atoms with van der Waals surface area (Å²) in [5, 5.41) is 3.50. The van der Waals surface area contributed by atoms with Crippen LogP contribution in [0, 0.1) is 0 Å². The van der Waals surface area contributed by atoms with Crippen molar-refractivity contribution in [2.45, 2.75) is 32.2 Å². The van der Waals surface area contributed by atoms with E-state index in [4.69, 9.17) is 5.73 Å². The largest absolute Gasteiger partial charge is 0.330 e. The van der Waals surface area contributed by atoms with Gasteiger partial charge in [0.15, 0.2) is 0 Å². The number of hydrogen-bond acceptors (Lipinski definition) is 2. The standard InChI is InChI=1S/C13H22N2/c1-11(10-15-12(2)8-9-14)13-6-4-3-5-7-13/h3-7,11-12,15H,8-10,14H2,1-2H3. The zero-order chi connectivity index (χ0) is 11.1. The Morgan fingerprint density at radius 3 is 2.47 bits per heavy atom. The third-order valence-electron chi connectivity index (χ3n) is 2.74. The van der Waals surface area contributed by atoms with Crippen molar-refractivity contribution in [3.8, 4) is 0 Å².